The summed E-state index contributed by atoms with van der Waals surface area (Å²) in [5.74, 6) is 2.00. The van der Waals surface area contributed by atoms with Gasteiger partial charge in [-0.15, -0.1) is 0 Å². The lowest BCUT2D eigenvalue weighted by Crippen LogP contribution is -2.54. The molecule has 0 bridgehead atoms. The van der Waals surface area contributed by atoms with Gasteiger partial charge in [-0.25, -0.2) is 0 Å². The van der Waals surface area contributed by atoms with Crippen LogP contribution in [0.3, 0.4) is 0 Å². The summed E-state index contributed by atoms with van der Waals surface area (Å²) >= 11 is 0. The van der Waals surface area contributed by atoms with E-state index in [9.17, 15) is 0 Å². The van der Waals surface area contributed by atoms with Crippen LogP contribution in [0.25, 0.3) is 0 Å². The average Bonchev–Trinajstić information content (AvgIpc) is 1.91. The van der Waals surface area contributed by atoms with Gasteiger partial charge in [0.1, 0.15) is 0 Å². The van der Waals surface area contributed by atoms with Crippen molar-refractivity contribution in [2.75, 3.05) is 13.1 Å². The van der Waals surface area contributed by atoms with Gasteiger partial charge < -0.3 is 0 Å². The second-order valence-corrected chi connectivity index (χ2v) is 4.62. The highest BCUT2D eigenvalue weighted by molar-refractivity contribution is 4.92. The van der Waals surface area contributed by atoms with Crippen molar-refractivity contribution in [2.24, 2.45) is 11.8 Å². The van der Waals surface area contributed by atoms with E-state index >= 15 is 0 Å². The molecule has 13 heavy (non-hydrogen) atoms. The highest BCUT2D eigenvalue weighted by Crippen LogP contribution is 2.38. The Morgan fingerprint density at radius 3 is 2.54 bits per heavy atom. The lowest BCUT2D eigenvalue weighted by atomic mass is 9.72. The van der Waals surface area contributed by atoms with Crippen LogP contribution in [-0.2, 0) is 0 Å². The second-order valence-electron chi connectivity index (χ2n) is 4.62. The van der Waals surface area contributed by atoms with Gasteiger partial charge in [0.15, 0.2) is 0 Å². The van der Waals surface area contributed by atoms with E-state index in [4.69, 9.17) is 5.26 Å². The van der Waals surface area contributed by atoms with Crippen molar-refractivity contribution >= 4 is 0 Å². The van der Waals surface area contributed by atoms with E-state index in [0.29, 0.717) is 12.5 Å². The Morgan fingerprint density at radius 2 is 2.08 bits per heavy atom. The van der Waals surface area contributed by atoms with Crippen LogP contribution in [-0.4, -0.2) is 24.0 Å². The first-order chi connectivity index (χ1) is 6.31. The number of rotatable bonds is 3. The molecule has 1 aliphatic heterocycles. The number of hydrogen-bond donors (Lipinski definition) is 0. The van der Waals surface area contributed by atoms with Crippen molar-refractivity contribution in [3.8, 4) is 6.07 Å². The summed E-state index contributed by atoms with van der Waals surface area (Å²) in [7, 11) is 0. The molecule has 0 radical (unpaired) electrons. The molecule has 0 amide bonds. The predicted molar refractivity (Wildman–Crippen MR) is 52.1 cm³/mol. The van der Waals surface area contributed by atoms with E-state index in [1.54, 1.807) is 0 Å². The summed E-state index contributed by atoms with van der Waals surface area (Å²) in [6.45, 7) is 4.68. The van der Waals surface area contributed by atoms with Gasteiger partial charge in [-0.2, -0.15) is 5.26 Å². The normalized spacial score (nSPS) is 27.4. The van der Waals surface area contributed by atoms with E-state index < -0.39 is 0 Å². The van der Waals surface area contributed by atoms with Crippen LogP contribution in [0.4, 0.5) is 0 Å². The third-order valence-electron chi connectivity index (χ3n) is 3.76. The van der Waals surface area contributed by atoms with Gasteiger partial charge in [-0.05, 0) is 18.8 Å². The summed E-state index contributed by atoms with van der Waals surface area (Å²) in [5.41, 5.74) is 0. The predicted octanol–water partition coefficient (Wildman–Crippen LogP) is 2.02. The maximum atomic E-state index is 8.56. The Morgan fingerprint density at radius 1 is 1.38 bits per heavy atom. The topological polar surface area (TPSA) is 27.0 Å². The van der Waals surface area contributed by atoms with E-state index in [0.717, 1.165) is 11.8 Å². The molecule has 1 aliphatic carbocycles. The van der Waals surface area contributed by atoms with Gasteiger partial charge in [-0.3, -0.25) is 4.90 Å². The Bertz CT molecular complexity index is 209. The third-order valence-corrected chi connectivity index (χ3v) is 3.76. The molecular formula is C11H18N2. The van der Waals surface area contributed by atoms with Crippen molar-refractivity contribution in [3.63, 3.8) is 0 Å². The van der Waals surface area contributed by atoms with E-state index in [-0.39, 0.29) is 0 Å². The van der Waals surface area contributed by atoms with Gasteiger partial charge in [0, 0.05) is 19.1 Å². The molecule has 1 unspecified atom stereocenters. The SMILES string of the molecule is CC(CC#N)N1CC(C2CCC2)C1. The summed E-state index contributed by atoms with van der Waals surface area (Å²) in [6.07, 6.45) is 5.07. The lowest BCUT2D eigenvalue weighted by Gasteiger charge is -2.48. The Hall–Kier alpha value is -0.550. The summed E-state index contributed by atoms with van der Waals surface area (Å²) < 4.78 is 0. The van der Waals surface area contributed by atoms with E-state index in [1.165, 1.54) is 32.4 Å². The first kappa shape index (κ1) is 9.02. The minimum absolute atomic E-state index is 0.487. The molecule has 72 valence electrons. The monoisotopic (exact) mass is 178 g/mol. The molecular weight excluding hydrogens is 160 g/mol. The molecule has 0 N–H and O–H groups in total. The van der Waals surface area contributed by atoms with Crippen molar-refractivity contribution in [1.82, 2.24) is 4.90 Å². The van der Waals surface area contributed by atoms with Gasteiger partial charge >= 0.3 is 0 Å². The molecule has 2 fully saturated rings. The Labute approximate surface area is 80.5 Å². The zero-order chi connectivity index (χ0) is 9.26. The maximum Gasteiger partial charge on any atom is 0.0638 e. The van der Waals surface area contributed by atoms with Gasteiger partial charge in [0.2, 0.25) is 0 Å². The minimum atomic E-state index is 0.487. The van der Waals surface area contributed by atoms with Crippen molar-refractivity contribution in [3.05, 3.63) is 0 Å². The molecule has 1 heterocycles. The highest BCUT2D eigenvalue weighted by atomic mass is 15.2. The molecule has 1 saturated carbocycles. The quantitative estimate of drug-likeness (QED) is 0.661. The van der Waals surface area contributed by atoms with Gasteiger partial charge in [0.05, 0.1) is 12.5 Å². The maximum absolute atomic E-state index is 8.56. The Kier molecular flexibility index (Phi) is 2.55. The van der Waals surface area contributed by atoms with E-state index in [1.807, 2.05) is 0 Å². The summed E-state index contributed by atoms with van der Waals surface area (Å²) in [4.78, 5) is 2.45. The van der Waals surface area contributed by atoms with Crippen LogP contribution in [0.1, 0.15) is 32.6 Å². The smallest absolute Gasteiger partial charge is 0.0638 e. The average molecular weight is 178 g/mol. The lowest BCUT2D eigenvalue weighted by molar-refractivity contribution is 0.00225. The second kappa shape index (κ2) is 3.67. The molecule has 1 saturated heterocycles. The molecule has 2 aliphatic rings. The van der Waals surface area contributed by atoms with Gasteiger partial charge in [-0.1, -0.05) is 19.3 Å². The van der Waals surface area contributed by atoms with Crippen LogP contribution in [0, 0.1) is 23.2 Å². The fraction of sp³-hybridized carbons (Fsp3) is 0.909. The fourth-order valence-corrected chi connectivity index (χ4v) is 2.38. The zero-order valence-electron chi connectivity index (χ0n) is 8.37. The van der Waals surface area contributed by atoms with E-state index in [2.05, 4.69) is 17.9 Å². The standard InChI is InChI=1S/C11H18N2/c1-9(5-6-12)13-7-11(8-13)10-3-2-4-10/h9-11H,2-5,7-8H2,1H3. The van der Waals surface area contributed by atoms with Crippen LogP contribution < -0.4 is 0 Å². The summed E-state index contributed by atoms with van der Waals surface area (Å²) in [6, 6.07) is 2.73. The van der Waals surface area contributed by atoms with Crippen molar-refractivity contribution in [2.45, 2.75) is 38.6 Å². The number of hydrogen-bond acceptors (Lipinski definition) is 2. The fourth-order valence-electron chi connectivity index (χ4n) is 2.38. The minimum Gasteiger partial charge on any atom is -0.299 e. The molecule has 0 aromatic carbocycles. The molecule has 2 heteroatoms. The first-order valence-electron chi connectivity index (χ1n) is 5.42. The Balaban J connectivity index is 1.68. The van der Waals surface area contributed by atoms with Crippen LogP contribution >= 0.6 is 0 Å². The van der Waals surface area contributed by atoms with Crippen LogP contribution in [0.15, 0.2) is 0 Å². The van der Waals surface area contributed by atoms with Crippen molar-refractivity contribution in [1.29, 1.82) is 5.26 Å². The molecule has 2 nitrogen and oxygen atoms in total. The number of nitrogens with zero attached hydrogens (tertiary/aromatic N) is 2. The number of nitriles is 1. The summed E-state index contributed by atoms with van der Waals surface area (Å²) in [5, 5.41) is 8.56. The zero-order valence-corrected chi connectivity index (χ0v) is 8.37. The van der Waals surface area contributed by atoms with Crippen LogP contribution in [0.5, 0.6) is 0 Å². The first-order valence-corrected chi connectivity index (χ1v) is 5.42. The van der Waals surface area contributed by atoms with Gasteiger partial charge in [0.25, 0.3) is 0 Å². The third kappa shape index (κ3) is 1.71. The molecule has 1 atom stereocenters. The number of likely N-dealkylation sites (tertiary alicyclic amines) is 1. The van der Waals surface area contributed by atoms with Crippen LogP contribution in [0.2, 0.25) is 0 Å². The van der Waals surface area contributed by atoms with Crippen molar-refractivity contribution < 1.29 is 0 Å². The molecule has 0 aromatic rings. The highest BCUT2D eigenvalue weighted by Gasteiger charge is 2.37. The molecule has 0 aromatic heterocycles. The largest absolute Gasteiger partial charge is 0.299 e. The molecule has 0 spiro atoms. The molecule has 2 rings (SSSR count).